The second-order valence-corrected chi connectivity index (χ2v) is 28.5. The van der Waals surface area contributed by atoms with E-state index in [0.29, 0.717) is 37.5 Å². The summed E-state index contributed by atoms with van der Waals surface area (Å²) in [7, 11) is -9.89. The van der Waals surface area contributed by atoms with Crippen LogP contribution in [-0.2, 0) is 65.4 Å². The van der Waals surface area contributed by atoms with Crippen LogP contribution in [0.1, 0.15) is 331 Å². The molecular weight excluding hydrogens is 1140 g/mol. The van der Waals surface area contributed by atoms with Crippen molar-refractivity contribution in [2.75, 3.05) is 39.6 Å². The van der Waals surface area contributed by atoms with E-state index in [1.54, 1.807) is 0 Å². The van der Waals surface area contributed by atoms with Crippen LogP contribution in [-0.4, -0.2) is 96.7 Å². The molecule has 5 atom stereocenters. The maximum Gasteiger partial charge on any atom is 0.472 e. The van der Waals surface area contributed by atoms with Gasteiger partial charge in [-0.1, -0.05) is 280 Å². The Hall–Kier alpha value is -1.94. The van der Waals surface area contributed by atoms with Crippen molar-refractivity contribution in [1.29, 1.82) is 0 Å². The largest absolute Gasteiger partial charge is 0.472 e. The number of phosphoric ester groups is 2. The van der Waals surface area contributed by atoms with Gasteiger partial charge in [0.15, 0.2) is 12.2 Å². The molecule has 0 aliphatic rings. The average Bonchev–Trinajstić information content (AvgIpc) is 3.63. The van der Waals surface area contributed by atoms with Gasteiger partial charge in [-0.05, 0) is 43.4 Å². The SMILES string of the molecule is CCCCCCCCCCCCCCCC(=O)OC[C@H](COP(=O)(O)OC[C@@H](O)COP(=O)(O)OC[C@@H](COC(=O)CCCCCCCCCC(C)C)OC(=O)CCCCCCCCCC(C)C)OC(=O)CCCCCCCCCCCCC(C)C. The van der Waals surface area contributed by atoms with Crippen LogP contribution in [0.4, 0.5) is 0 Å². The number of carbonyl (C=O) groups excluding carboxylic acids is 4. The minimum Gasteiger partial charge on any atom is -0.462 e. The van der Waals surface area contributed by atoms with E-state index in [-0.39, 0.29) is 25.7 Å². The van der Waals surface area contributed by atoms with E-state index in [0.717, 1.165) is 102 Å². The molecule has 2 unspecified atom stereocenters. The molecule has 0 heterocycles. The second-order valence-electron chi connectivity index (χ2n) is 25.6. The highest BCUT2D eigenvalue weighted by molar-refractivity contribution is 7.47. The summed E-state index contributed by atoms with van der Waals surface area (Å²) in [4.78, 5) is 72.4. The summed E-state index contributed by atoms with van der Waals surface area (Å²) in [5.74, 6) is 0.0199. The van der Waals surface area contributed by atoms with E-state index < -0.39 is 97.5 Å². The number of esters is 4. The van der Waals surface area contributed by atoms with Crippen LogP contribution in [0.15, 0.2) is 0 Å². The highest BCUT2D eigenvalue weighted by atomic mass is 31.2. The van der Waals surface area contributed by atoms with Crippen LogP contribution < -0.4 is 0 Å². The van der Waals surface area contributed by atoms with Gasteiger partial charge in [0.2, 0.25) is 0 Å². The third-order valence-corrected chi connectivity index (χ3v) is 17.3. The second kappa shape index (κ2) is 58.2. The Morgan fingerprint density at radius 3 is 0.791 bits per heavy atom. The van der Waals surface area contributed by atoms with Gasteiger partial charge < -0.3 is 33.8 Å². The minimum atomic E-state index is -4.95. The van der Waals surface area contributed by atoms with Crippen molar-refractivity contribution in [3.8, 4) is 0 Å². The quantitative estimate of drug-likeness (QED) is 0.0222. The molecule has 0 aromatic rings. The zero-order valence-electron chi connectivity index (χ0n) is 55.8. The van der Waals surface area contributed by atoms with Crippen molar-refractivity contribution in [3.05, 3.63) is 0 Å². The fourth-order valence-corrected chi connectivity index (χ4v) is 11.6. The fourth-order valence-electron chi connectivity index (χ4n) is 10.0. The van der Waals surface area contributed by atoms with E-state index in [9.17, 15) is 43.2 Å². The maximum atomic E-state index is 13.0. The molecule has 510 valence electrons. The molecule has 0 spiro atoms. The number of carbonyl (C=O) groups is 4. The first-order chi connectivity index (χ1) is 41.2. The number of aliphatic hydroxyl groups excluding tert-OH is 1. The van der Waals surface area contributed by atoms with Gasteiger partial charge in [0.25, 0.3) is 0 Å². The summed E-state index contributed by atoms with van der Waals surface area (Å²) in [6.07, 6.45) is 40.4. The zero-order chi connectivity index (χ0) is 63.8. The number of hydrogen-bond donors (Lipinski definition) is 3. The van der Waals surface area contributed by atoms with Gasteiger partial charge in [0.05, 0.1) is 26.4 Å². The lowest BCUT2D eigenvalue weighted by Crippen LogP contribution is -2.30. The molecule has 0 bridgehead atoms. The highest BCUT2D eigenvalue weighted by Crippen LogP contribution is 2.45. The van der Waals surface area contributed by atoms with Crippen LogP contribution in [0.5, 0.6) is 0 Å². The first-order valence-electron chi connectivity index (χ1n) is 34.8. The van der Waals surface area contributed by atoms with E-state index in [1.165, 1.54) is 135 Å². The molecule has 0 amide bonds. The van der Waals surface area contributed by atoms with Crippen molar-refractivity contribution >= 4 is 39.5 Å². The molecule has 86 heavy (non-hydrogen) atoms. The molecule has 0 rings (SSSR count). The van der Waals surface area contributed by atoms with Crippen molar-refractivity contribution in [2.24, 2.45) is 17.8 Å². The Kier molecular flexibility index (Phi) is 56.9. The predicted octanol–water partition coefficient (Wildman–Crippen LogP) is 18.7. The molecule has 17 nitrogen and oxygen atoms in total. The number of unbranched alkanes of at least 4 members (excludes halogenated alkanes) is 33. The van der Waals surface area contributed by atoms with E-state index >= 15 is 0 Å². The van der Waals surface area contributed by atoms with Gasteiger partial charge in [-0.2, -0.15) is 0 Å². The summed E-state index contributed by atoms with van der Waals surface area (Å²) in [5, 5.41) is 10.6. The first kappa shape index (κ1) is 84.1. The van der Waals surface area contributed by atoms with Gasteiger partial charge in [0, 0.05) is 25.7 Å². The van der Waals surface area contributed by atoms with E-state index in [1.807, 2.05) is 0 Å². The van der Waals surface area contributed by atoms with E-state index in [4.69, 9.17) is 37.0 Å². The van der Waals surface area contributed by atoms with Crippen LogP contribution >= 0.6 is 15.6 Å². The Morgan fingerprint density at radius 2 is 0.535 bits per heavy atom. The van der Waals surface area contributed by atoms with Crippen LogP contribution in [0, 0.1) is 17.8 Å². The van der Waals surface area contributed by atoms with Crippen molar-refractivity contribution in [1.82, 2.24) is 0 Å². The van der Waals surface area contributed by atoms with Crippen LogP contribution in [0.2, 0.25) is 0 Å². The molecule has 0 aromatic heterocycles. The Bertz CT molecular complexity index is 1700. The normalized spacial score (nSPS) is 14.3. The van der Waals surface area contributed by atoms with E-state index in [2.05, 4.69) is 48.5 Å². The van der Waals surface area contributed by atoms with Gasteiger partial charge in [-0.25, -0.2) is 9.13 Å². The summed E-state index contributed by atoms with van der Waals surface area (Å²) in [6, 6.07) is 0. The molecule has 0 aliphatic carbocycles. The zero-order valence-corrected chi connectivity index (χ0v) is 57.6. The van der Waals surface area contributed by atoms with Crippen molar-refractivity contribution in [3.63, 3.8) is 0 Å². The average molecular weight is 1270 g/mol. The molecule has 0 aromatic carbocycles. The molecule has 0 saturated carbocycles. The topological polar surface area (TPSA) is 237 Å². The van der Waals surface area contributed by atoms with Gasteiger partial charge in [0.1, 0.15) is 19.3 Å². The summed E-state index contributed by atoms with van der Waals surface area (Å²) < 4.78 is 68.1. The monoisotopic (exact) mass is 1270 g/mol. The first-order valence-corrected chi connectivity index (χ1v) is 37.8. The molecular formula is C67H130O17P2. The number of hydrogen-bond acceptors (Lipinski definition) is 15. The predicted molar refractivity (Wildman–Crippen MR) is 344 cm³/mol. The summed E-state index contributed by atoms with van der Waals surface area (Å²) in [5.41, 5.74) is 0. The smallest absolute Gasteiger partial charge is 0.462 e. The number of ether oxygens (including phenoxy) is 4. The van der Waals surface area contributed by atoms with Crippen LogP contribution in [0.3, 0.4) is 0 Å². The molecule has 3 N–H and O–H groups in total. The Morgan fingerprint density at radius 1 is 0.314 bits per heavy atom. The van der Waals surface area contributed by atoms with Gasteiger partial charge in [-0.3, -0.25) is 37.3 Å². The molecule has 0 saturated heterocycles. The molecule has 0 aliphatic heterocycles. The molecule has 0 radical (unpaired) electrons. The summed E-state index contributed by atoms with van der Waals surface area (Å²) >= 11 is 0. The summed E-state index contributed by atoms with van der Waals surface area (Å²) in [6.45, 7) is 11.7. The van der Waals surface area contributed by atoms with Crippen molar-refractivity contribution < 1.29 is 80.2 Å². The third kappa shape index (κ3) is 60.9. The minimum absolute atomic E-state index is 0.102. The fraction of sp³-hybridized carbons (Fsp3) is 0.940. The Balaban J connectivity index is 5.25. The lowest BCUT2D eigenvalue weighted by Gasteiger charge is -2.21. The van der Waals surface area contributed by atoms with Crippen LogP contribution in [0.25, 0.3) is 0 Å². The van der Waals surface area contributed by atoms with Gasteiger partial charge in [-0.15, -0.1) is 0 Å². The highest BCUT2D eigenvalue weighted by Gasteiger charge is 2.30. The number of phosphoric acid groups is 2. The lowest BCUT2D eigenvalue weighted by molar-refractivity contribution is -0.161. The standard InChI is InChI=1S/C67H130O17P2/c1-8-9-10-11-12-13-14-15-16-20-27-34-41-48-64(69)77-54-62(83-66(71)50-43-36-28-21-18-17-19-24-31-38-45-58(2)3)56-81-85(73,74)79-52-61(68)53-80-86(75,76)82-57-63(84-67(72)51-44-37-30-23-26-33-40-47-60(6)7)55-78-65(70)49-42-35-29-22-25-32-39-46-59(4)5/h58-63,68H,8-57H2,1-7H3,(H,73,74)(H,75,76)/t61-,62-,63-/m1/s1. The number of aliphatic hydroxyl groups is 1. The number of rotatable bonds is 65. The molecule has 0 fully saturated rings. The third-order valence-electron chi connectivity index (χ3n) is 15.4. The molecule has 19 heteroatoms. The maximum absolute atomic E-state index is 13.0. The van der Waals surface area contributed by atoms with Crippen molar-refractivity contribution in [2.45, 2.75) is 349 Å². The Labute approximate surface area is 524 Å². The van der Waals surface area contributed by atoms with Gasteiger partial charge >= 0.3 is 39.5 Å². The lowest BCUT2D eigenvalue weighted by atomic mass is 10.0.